The summed E-state index contributed by atoms with van der Waals surface area (Å²) in [6, 6.07) is 0.507. The predicted molar refractivity (Wildman–Crippen MR) is 73.1 cm³/mol. The molecule has 17 heavy (non-hydrogen) atoms. The van der Waals surface area contributed by atoms with Gasteiger partial charge >= 0.3 is 0 Å². The van der Waals surface area contributed by atoms with E-state index < -0.39 is 0 Å². The van der Waals surface area contributed by atoms with Crippen molar-refractivity contribution in [2.45, 2.75) is 60.2 Å². The van der Waals surface area contributed by atoms with Crippen LogP contribution in [0.2, 0.25) is 0 Å². The van der Waals surface area contributed by atoms with Crippen molar-refractivity contribution in [3.63, 3.8) is 0 Å². The Morgan fingerprint density at radius 1 is 1.41 bits per heavy atom. The number of hydrogen-bond donors (Lipinski definition) is 1. The molecule has 0 fully saturated rings. The van der Waals surface area contributed by atoms with E-state index in [9.17, 15) is 0 Å². The van der Waals surface area contributed by atoms with E-state index in [1.807, 2.05) is 0 Å². The lowest BCUT2D eigenvalue weighted by molar-refractivity contribution is 0.577. The Kier molecular flexibility index (Phi) is 4.94. The van der Waals surface area contributed by atoms with Gasteiger partial charge in [-0.1, -0.05) is 19.4 Å². The summed E-state index contributed by atoms with van der Waals surface area (Å²) in [6.45, 7) is 16.4. The van der Waals surface area contributed by atoms with E-state index in [0.717, 1.165) is 25.2 Å². The van der Waals surface area contributed by atoms with Crippen LogP contribution in [0.4, 0.5) is 0 Å². The first-order valence-electron chi connectivity index (χ1n) is 6.32. The highest BCUT2D eigenvalue weighted by molar-refractivity contribution is 5.24. The molecule has 1 rings (SSSR count). The summed E-state index contributed by atoms with van der Waals surface area (Å²) in [5.41, 5.74) is 4.95. The molecule has 0 aliphatic carbocycles. The minimum absolute atomic E-state index is 0.507. The van der Waals surface area contributed by atoms with Crippen molar-refractivity contribution < 1.29 is 0 Å². The van der Waals surface area contributed by atoms with Gasteiger partial charge in [0, 0.05) is 30.4 Å². The SMILES string of the molecule is C=C(C)CCn1nc(C)c(CNC(C)C)c1C. The third-order valence-corrected chi connectivity index (χ3v) is 2.97. The van der Waals surface area contributed by atoms with Gasteiger partial charge in [0.2, 0.25) is 0 Å². The molecule has 1 aromatic rings. The Morgan fingerprint density at radius 3 is 2.59 bits per heavy atom. The Hall–Kier alpha value is -1.09. The first-order valence-corrected chi connectivity index (χ1v) is 6.32. The number of allylic oxidation sites excluding steroid dienone is 1. The highest BCUT2D eigenvalue weighted by Gasteiger charge is 2.11. The summed E-state index contributed by atoms with van der Waals surface area (Å²) >= 11 is 0. The highest BCUT2D eigenvalue weighted by atomic mass is 15.3. The number of nitrogens with zero attached hydrogens (tertiary/aromatic N) is 2. The highest BCUT2D eigenvalue weighted by Crippen LogP contribution is 2.14. The van der Waals surface area contributed by atoms with Crippen LogP contribution in [0.5, 0.6) is 0 Å². The van der Waals surface area contributed by atoms with Crippen molar-refractivity contribution in [3.05, 3.63) is 29.1 Å². The van der Waals surface area contributed by atoms with E-state index in [1.54, 1.807) is 0 Å². The van der Waals surface area contributed by atoms with Gasteiger partial charge in [0.15, 0.2) is 0 Å². The molecule has 0 aliphatic heterocycles. The molecule has 0 saturated carbocycles. The van der Waals surface area contributed by atoms with Gasteiger partial charge < -0.3 is 5.32 Å². The monoisotopic (exact) mass is 235 g/mol. The molecule has 0 radical (unpaired) electrons. The normalized spacial score (nSPS) is 11.2. The molecular formula is C14H25N3. The smallest absolute Gasteiger partial charge is 0.0641 e. The van der Waals surface area contributed by atoms with E-state index in [0.29, 0.717) is 6.04 Å². The first-order chi connectivity index (χ1) is 7.91. The third-order valence-electron chi connectivity index (χ3n) is 2.97. The minimum atomic E-state index is 0.507. The summed E-state index contributed by atoms with van der Waals surface area (Å²) in [5, 5.41) is 8.05. The fourth-order valence-corrected chi connectivity index (χ4v) is 1.81. The van der Waals surface area contributed by atoms with Gasteiger partial charge in [-0.2, -0.15) is 5.10 Å². The van der Waals surface area contributed by atoms with E-state index >= 15 is 0 Å². The van der Waals surface area contributed by atoms with Gasteiger partial charge in [0.25, 0.3) is 0 Å². The van der Waals surface area contributed by atoms with E-state index in [4.69, 9.17) is 0 Å². The average Bonchev–Trinajstić information content (AvgIpc) is 2.48. The van der Waals surface area contributed by atoms with Gasteiger partial charge in [-0.05, 0) is 27.2 Å². The van der Waals surface area contributed by atoms with Crippen LogP contribution in [0.25, 0.3) is 0 Å². The number of nitrogens with one attached hydrogen (secondary N) is 1. The molecule has 1 aromatic heterocycles. The van der Waals surface area contributed by atoms with E-state index in [-0.39, 0.29) is 0 Å². The molecule has 0 unspecified atom stereocenters. The zero-order valence-corrected chi connectivity index (χ0v) is 11.8. The summed E-state index contributed by atoms with van der Waals surface area (Å²) in [6.07, 6.45) is 0.999. The first kappa shape index (κ1) is 14.0. The molecule has 0 atom stereocenters. The molecule has 1 N–H and O–H groups in total. The topological polar surface area (TPSA) is 29.9 Å². The fourth-order valence-electron chi connectivity index (χ4n) is 1.81. The third kappa shape index (κ3) is 4.00. The van der Waals surface area contributed by atoms with Gasteiger partial charge in [-0.25, -0.2) is 0 Å². The second-order valence-corrected chi connectivity index (χ2v) is 5.12. The van der Waals surface area contributed by atoms with Gasteiger partial charge in [0.1, 0.15) is 0 Å². The molecule has 0 spiro atoms. The molecular weight excluding hydrogens is 210 g/mol. The van der Waals surface area contributed by atoms with Crippen molar-refractivity contribution in [2.75, 3.05) is 0 Å². The maximum Gasteiger partial charge on any atom is 0.0641 e. The van der Waals surface area contributed by atoms with Crippen LogP contribution >= 0.6 is 0 Å². The number of rotatable bonds is 6. The van der Waals surface area contributed by atoms with Crippen molar-refractivity contribution in [2.24, 2.45) is 0 Å². The molecule has 1 heterocycles. The van der Waals surface area contributed by atoms with Gasteiger partial charge in [0.05, 0.1) is 5.69 Å². The van der Waals surface area contributed by atoms with Crippen molar-refractivity contribution in [1.29, 1.82) is 0 Å². The van der Waals surface area contributed by atoms with Crippen LogP contribution in [-0.2, 0) is 13.1 Å². The van der Waals surface area contributed by atoms with Gasteiger partial charge in [-0.15, -0.1) is 6.58 Å². The van der Waals surface area contributed by atoms with Crippen LogP contribution < -0.4 is 5.32 Å². The van der Waals surface area contributed by atoms with Crippen LogP contribution in [0.3, 0.4) is 0 Å². The van der Waals surface area contributed by atoms with Crippen LogP contribution in [0.1, 0.15) is 44.1 Å². The zero-order chi connectivity index (χ0) is 13.0. The standard InChI is InChI=1S/C14H25N3/c1-10(2)7-8-17-13(6)14(12(5)16-17)9-15-11(3)4/h11,15H,1,7-9H2,2-6H3. The Bertz CT molecular complexity index is 388. The molecule has 3 heteroatoms. The summed E-state index contributed by atoms with van der Waals surface area (Å²) in [5.74, 6) is 0. The molecule has 0 saturated heterocycles. The maximum absolute atomic E-state index is 4.60. The molecule has 0 aliphatic rings. The predicted octanol–water partition coefficient (Wildman–Crippen LogP) is 2.96. The van der Waals surface area contributed by atoms with Crippen molar-refractivity contribution in [3.8, 4) is 0 Å². The van der Waals surface area contributed by atoms with Crippen molar-refractivity contribution in [1.82, 2.24) is 15.1 Å². The molecule has 0 bridgehead atoms. The number of aryl methyl sites for hydroxylation is 2. The zero-order valence-electron chi connectivity index (χ0n) is 11.8. The summed E-state index contributed by atoms with van der Waals surface area (Å²) in [4.78, 5) is 0. The minimum Gasteiger partial charge on any atom is -0.310 e. The molecule has 0 aromatic carbocycles. The van der Waals surface area contributed by atoms with E-state index in [1.165, 1.54) is 16.8 Å². The van der Waals surface area contributed by atoms with Crippen molar-refractivity contribution >= 4 is 0 Å². The lowest BCUT2D eigenvalue weighted by Gasteiger charge is -2.09. The lowest BCUT2D eigenvalue weighted by atomic mass is 10.2. The van der Waals surface area contributed by atoms with Crippen LogP contribution in [-0.4, -0.2) is 15.8 Å². The second kappa shape index (κ2) is 6.01. The Balaban J connectivity index is 2.75. The molecule has 96 valence electrons. The largest absolute Gasteiger partial charge is 0.310 e. The van der Waals surface area contributed by atoms with Gasteiger partial charge in [-0.3, -0.25) is 4.68 Å². The summed E-state index contributed by atoms with van der Waals surface area (Å²) in [7, 11) is 0. The number of aromatic nitrogens is 2. The molecule has 3 nitrogen and oxygen atoms in total. The summed E-state index contributed by atoms with van der Waals surface area (Å²) < 4.78 is 2.10. The second-order valence-electron chi connectivity index (χ2n) is 5.12. The lowest BCUT2D eigenvalue weighted by Crippen LogP contribution is -2.22. The van der Waals surface area contributed by atoms with E-state index in [2.05, 4.69) is 56.3 Å². The van der Waals surface area contributed by atoms with Crippen LogP contribution in [0, 0.1) is 13.8 Å². The Morgan fingerprint density at radius 2 is 2.06 bits per heavy atom. The average molecular weight is 235 g/mol. The molecule has 0 amide bonds. The Labute approximate surface area is 105 Å². The fraction of sp³-hybridized carbons (Fsp3) is 0.643. The maximum atomic E-state index is 4.60. The quantitative estimate of drug-likeness (QED) is 0.768. The number of hydrogen-bond acceptors (Lipinski definition) is 2. The van der Waals surface area contributed by atoms with Crippen LogP contribution in [0.15, 0.2) is 12.2 Å².